The van der Waals surface area contributed by atoms with Crippen molar-refractivity contribution in [2.75, 3.05) is 0 Å². The zero-order valence-electron chi connectivity index (χ0n) is 14.1. The van der Waals surface area contributed by atoms with Gasteiger partial charge in [-0.2, -0.15) is 0 Å². The summed E-state index contributed by atoms with van der Waals surface area (Å²) in [6.45, 7) is 4.09. The van der Waals surface area contributed by atoms with Crippen molar-refractivity contribution in [3.8, 4) is 0 Å². The van der Waals surface area contributed by atoms with Crippen LogP contribution in [0.3, 0.4) is 0 Å². The van der Waals surface area contributed by atoms with Gasteiger partial charge in [-0.25, -0.2) is 4.79 Å². The van der Waals surface area contributed by atoms with Crippen LogP contribution in [-0.2, 0) is 9.59 Å². The SMILES string of the molecule is CC1(C)CC(=O)C2=C(C1)NC1NC(=O)NC(=O)C1C2c1ccccn1. The molecule has 0 aromatic carbocycles. The minimum absolute atomic E-state index is 0.0394. The van der Waals surface area contributed by atoms with E-state index < -0.39 is 24.0 Å². The minimum atomic E-state index is -0.614. The van der Waals surface area contributed by atoms with E-state index in [1.807, 2.05) is 26.0 Å². The number of Topliss-reactive ketones (excluding diaryl/α,β-unsaturated/α-hetero) is 1. The standard InChI is InChI=1S/C18H20N4O3/c1-18(2)7-10-12(11(23)8-18)13(9-5-3-4-6-19-9)14-15(20-10)21-17(25)22-16(14)24/h3-6,13-15,20H,7-8H2,1-2H3,(H2,21,22,24,25). The third-order valence-electron chi connectivity index (χ3n) is 5.11. The number of aromatic nitrogens is 1. The van der Waals surface area contributed by atoms with Crippen molar-refractivity contribution in [3.05, 3.63) is 41.4 Å². The molecule has 3 aliphatic rings. The zero-order valence-corrected chi connectivity index (χ0v) is 14.1. The van der Waals surface area contributed by atoms with Crippen LogP contribution < -0.4 is 16.0 Å². The summed E-state index contributed by atoms with van der Waals surface area (Å²) < 4.78 is 0. The third-order valence-corrected chi connectivity index (χ3v) is 5.11. The van der Waals surface area contributed by atoms with Gasteiger partial charge >= 0.3 is 6.03 Å². The first-order valence-electron chi connectivity index (χ1n) is 8.41. The van der Waals surface area contributed by atoms with Crippen LogP contribution in [0.15, 0.2) is 35.7 Å². The predicted octanol–water partition coefficient (Wildman–Crippen LogP) is 1.19. The lowest BCUT2D eigenvalue weighted by atomic mass is 9.67. The number of nitrogens with one attached hydrogen (secondary N) is 3. The van der Waals surface area contributed by atoms with Gasteiger partial charge in [0.2, 0.25) is 5.91 Å². The van der Waals surface area contributed by atoms with Gasteiger partial charge in [-0.05, 0) is 24.0 Å². The molecule has 7 nitrogen and oxygen atoms in total. The molecule has 2 aliphatic heterocycles. The Balaban J connectivity index is 1.87. The molecule has 1 saturated heterocycles. The summed E-state index contributed by atoms with van der Waals surface area (Å²) in [4.78, 5) is 41.6. The summed E-state index contributed by atoms with van der Waals surface area (Å²) in [5, 5.41) is 8.32. The van der Waals surface area contributed by atoms with E-state index in [-0.39, 0.29) is 17.1 Å². The smallest absolute Gasteiger partial charge is 0.323 e. The van der Waals surface area contributed by atoms with Gasteiger partial charge in [-0.3, -0.25) is 19.9 Å². The molecule has 1 aromatic heterocycles. The molecule has 0 spiro atoms. The van der Waals surface area contributed by atoms with Crippen LogP contribution in [0.2, 0.25) is 0 Å². The number of allylic oxidation sites excluding steroid dienone is 2. The third kappa shape index (κ3) is 2.59. The first kappa shape index (κ1) is 15.8. The average Bonchev–Trinajstić information content (AvgIpc) is 2.52. The number of hydrogen-bond acceptors (Lipinski definition) is 5. The van der Waals surface area contributed by atoms with Crippen LogP contribution in [0.5, 0.6) is 0 Å². The average molecular weight is 340 g/mol. The summed E-state index contributed by atoms with van der Waals surface area (Å²) in [5.41, 5.74) is 1.95. The molecule has 3 N–H and O–H groups in total. The lowest BCUT2D eigenvalue weighted by Gasteiger charge is -2.46. The number of urea groups is 1. The molecule has 4 rings (SSSR count). The first-order valence-corrected chi connectivity index (χ1v) is 8.41. The minimum Gasteiger partial charge on any atom is -0.368 e. The van der Waals surface area contributed by atoms with Crippen LogP contribution in [0.25, 0.3) is 0 Å². The summed E-state index contributed by atoms with van der Waals surface area (Å²) in [6, 6.07) is 4.94. The highest BCUT2D eigenvalue weighted by Gasteiger charge is 2.51. The number of hydrogen-bond donors (Lipinski definition) is 3. The molecule has 0 saturated carbocycles. The molecule has 25 heavy (non-hydrogen) atoms. The second-order valence-corrected chi connectivity index (χ2v) is 7.68. The van der Waals surface area contributed by atoms with Crippen molar-refractivity contribution in [1.82, 2.24) is 20.9 Å². The number of fused-ring (bicyclic) bond motifs is 1. The van der Waals surface area contributed by atoms with Crippen molar-refractivity contribution < 1.29 is 14.4 Å². The number of carbonyl (C=O) groups is 3. The quantitative estimate of drug-likeness (QED) is 0.713. The Hall–Kier alpha value is -2.70. The van der Waals surface area contributed by atoms with Gasteiger partial charge in [-0.1, -0.05) is 19.9 Å². The van der Waals surface area contributed by atoms with Gasteiger partial charge in [0.05, 0.1) is 5.92 Å². The number of pyridine rings is 1. The van der Waals surface area contributed by atoms with E-state index in [1.165, 1.54) is 0 Å². The Morgan fingerprint density at radius 3 is 2.64 bits per heavy atom. The lowest BCUT2D eigenvalue weighted by molar-refractivity contribution is -0.127. The number of nitrogens with zero attached hydrogens (tertiary/aromatic N) is 1. The van der Waals surface area contributed by atoms with Crippen molar-refractivity contribution in [2.24, 2.45) is 11.3 Å². The number of rotatable bonds is 1. The molecule has 0 bridgehead atoms. The summed E-state index contributed by atoms with van der Waals surface area (Å²) in [7, 11) is 0. The first-order chi connectivity index (χ1) is 11.9. The Bertz CT molecular complexity index is 800. The fourth-order valence-corrected chi connectivity index (χ4v) is 4.17. The van der Waals surface area contributed by atoms with E-state index in [4.69, 9.17) is 0 Å². The molecule has 3 heterocycles. The Labute approximate surface area is 145 Å². The highest BCUT2D eigenvalue weighted by molar-refractivity contribution is 6.03. The maximum Gasteiger partial charge on any atom is 0.323 e. The molecular weight excluding hydrogens is 320 g/mol. The Kier molecular flexibility index (Phi) is 3.42. The van der Waals surface area contributed by atoms with Crippen LogP contribution in [0.1, 0.15) is 38.3 Å². The van der Waals surface area contributed by atoms with E-state index in [2.05, 4.69) is 20.9 Å². The molecule has 1 aromatic rings. The highest BCUT2D eigenvalue weighted by atomic mass is 16.2. The van der Waals surface area contributed by atoms with Gasteiger partial charge in [0, 0.05) is 35.5 Å². The highest BCUT2D eigenvalue weighted by Crippen LogP contribution is 2.46. The molecular formula is C18H20N4O3. The number of amides is 3. The Morgan fingerprint density at radius 1 is 1.12 bits per heavy atom. The van der Waals surface area contributed by atoms with Crippen LogP contribution in [0.4, 0.5) is 4.79 Å². The summed E-state index contributed by atoms with van der Waals surface area (Å²) in [6.07, 6.45) is 2.23. The fourth-order valence-electron chi connectivity index (χ4n) is 4.17. The fraction of sp³-hybridized carbons (Fsp3) is 0.444. The van der Waals surface area contributed by atoms with Gasteiger partial charge in [0.15, 0.2) is 5.78 Å². The topological polar surface area (TPSA) is 100 Å². The van der Waals surface area contributed by atoms with E-state index in [9.17, 15) is 14.4 Å². The van der Waals surface area contributed by atoms with Gasteiger partial charge in [-0.15, -0.1) is 0 Å². The second-order valence-electron chi connectivity index (χ2n) is 7.68. The van der Waals surface area contributed by atoms with Crippen molar-refractivity contribution in [2.45, 2.75) is 38.8 Å². The van der Waals surface area contributed by atoms with Crippen molar-refractivity contribution in [3.63, 3.8) is 0 Å². The molecule has 7 heteroatoms. The zero-order chi connectivity index (χ0) is 17.8. The number of ketones is 1. The maximum atomic E-state index is 12.9. The largest absolute Gasteiger partial charge is 0.368 e. The lowest BCUT2D eigenvalue weighted by Crippen LogP contribution is -2.67. The Morgan fingerprint density at radius 2 is 1.92 bits per heavy atom. The normalized spacial score (nSPS) is 30.6. The van der Waals surface area contributed by atoms with Gasteiger partial charge in [0.1, 0.15) is 6.17 Å². The number of carbonyl (C=O) groups excluding carboxylic acids is 3. The molecule has 1 fully saturated rings. The van der Waals surface area contributed by atoms with E-state index in [0.29, 0.717) is 24.1 Å². The predicted molar refractivity (Wildman–Crippen MR) is 89.1 cm³/mol. The van der Waals surface area contributed by atoms with E-state index >= 15 is 0 Å². The molecule has 3 unspecified atom stereocenters. The summed E-state index contributed by atoms with van der Waals surface area (Å²) >= 11 is 0. The van der Waals surface area contributed by atoms with Gasteiger partial charge < -0.3 is 10.6 Å². The van der Waals surface area contributed by atoms with Crippen molar-refractivity contribution in [1.29, 1.82) is 0 Å². The second kappa shape index (κ2) is 5.40. The van der Waals surface area contributed by atoms with Crippen LogP contribution in [0, 0.1) is 11.3 Å². The number of imide groups is 1. The molecule has 3 atom stereocenters. The molecule has 1 aliphatic carbocycles. The molecule has 0 radical (unpaired) electrons. The van der Waals surface area contributed by atoms with E-state index in [0.717, 1.165) is 5.70 Å². The summed E-state index contributed by atoms with van der Waals surface area (Å²) in [5.74, 6) is -1.43. The van der Waals surface area contributed by atoms with E-state index in [1.54, 1.807) is 12.3 Å². The maximum absolute atomic E-state index is 12.9. The van der Waals surface area contributed by atoms with Crippen LogP contribution >= 0.6 is 0 Å². The van der Waals surface area contributed by atoms with Crippen LogP contribution in [-0.4, -0.2) is 28.9 Å². The molecule has 3 amide bonds. The van der Waals surface area contributed by atoms with Gasteiger partial charge in [0.25, 0.3) is 0 Å². The van der Waals surface area contributed by atoms with Crippen molar-refractivity contribution >= 4 is 17.7 Å². The molecule has 130 valence electrons. The monoisotopic (exact) mass is 340 g/mol.